The Balaban J connectivity index is 1.58. The number of carbonyl (C=O) groups excluding carboxylic acids is 2. The van der Waals surface area contributed by atoms with Crippen molar-refractivity contribution in [3.8, 4) is 0 Å². The lowest BCUT2D eigenvalue weighted by Crippen LogP contribution is -2.39. The van der Waals surface area contributed by atoms with E-state index in [1.165, 1.54) is 6.07 Å². The summed E-state index contributed by atoms with van der Waals surface area (Å²) in [5, 5.41) is 3.98. The summed E-state index contributed by atoms with van der Waals surface area (Å²) >= 11 is 6.09. The third-order valence-corrected chi connectivity index (χ3v) is 7.52. The van der Waals surface area contributed by atoms with E-state index in [1.54, 1.807) is 47.4 Å². The first kappa shape index (κ1) is 24.1. The highest BCUT2D eigenvalue weighted by atomic mass is 35.5. The van der Waals surface area contributed by atoms with Gasteiger partial charge in [0.05, 0.1) is 17.4 Å². The summed E-state index contributed by atoms with van der Waals surface area (Å²) in [5.41, 5.74) is 4.11. The number of hydrogen-bond donors (Lipinski definition) is 1. The molecule has 1 aliphatic carbocycles. The summed E-state index contributed by atoms with van der Waals surface area (Å²) < 4.78 is 15.5. The number of para-hydroxylation sites is 2. The van der Waals surface area contributed by atoms with Gasteiger partial charge in [-0.15, -0.1) is 0 Å². The summed E-state index contributed by atoms with van der Waals surface area (Å²) in [7, 11) is 0. The number of nitrogens with zero attached hydrogens (tertiary/aromatic N) is 1. The standard InChI is InChI=1S/C32H24ClFN2O2/c33-23-16-14-21(15-17-23)32(38)36-28-13-7-6-12-26(28)35-27-18-22(20-8-2-1-3-9-20)19-29(37)30(27)31(36)24-10-4-5-11-25(24)34/h1-17,22,31,35H,18-19H2/t22-,31-/m1/s1. The Morgan fingerprint density at radius 3 is 2.29 bits per heavy atom. The second-order valence-corrected chi connectivity index (χ2v) is 10.0. The van der Waals surface area contributed by atoms with E-state index in [9.17, 15) is 9.59 Å². The predicted molar refractivity (Wildman–Crippen MR) is 148 cm³/mol. The SMILES string of the molecule is O=C1C[C@H](c2ccccc2)CC2=C1[C@@H](c1ccccc1F)N(C(=O)c1ccc(Cl)cc1)c1ccccc1N2. The molecule has 1 N–H and O–H groups in total. The van der Waals surface area contributed by atoms with Crippen molar-refractivity contribution in [3.05, 3.63) is 142 Å². The van der Waals surface area contributed by atoms with Crippen LogP contribution in [0.25, 0.3) is 0 Å². The number of allylic oxidation sites excluding steroid dienone is 1. The zero-order valence-electron chi connectivity index (χ0n) is 20.4. The summed E-state index contributed by atoms with van der Waals surface area (Å²) in [5.74, 6) is -0.962. The highest BCUT2D eigenvalue weighted by Gasteiger charge is 2.42. The van der Waals surface area contributed by atoms with E-state index >= 15 is 4.39 Å². The molecule has 4 aromatic carbocycles. The van der Waals surface area contributed by atoms with E-state index in [0.717, 1.165) is 5.56 Å². The largest absolute Gasteiger partial charge is 0.357 e. The van der Waals surface area contributed by atoms with E-state index in [1.807, 2.05) is 54.6 Å². The van der Waals surface area contributed by atoms with Gasteiger partial charge in [0, 0.05) is 33.8 Å². The van der Waals surface area contributed by atoms with Crippen molar-refractivity contribution in [2.45, 2.75) is 24.8 Å². The van der Waals surface area contributed by atoms with Crippen LogP contribution in [0.1, 0.15) is 46.3 Å². The van der Waals surface area contributed by atoms with E-state index in [0.29, 0.717) is 39.7 Å². The number of carbonyl (C=O) groups is 2. The van der Waals surface area contributed by atoms with Crippen LogP contribution in [0.3, 0.4) is 0 Å². The highest BCUT2D eigenvalue weighted by Crippen LogP contribution is 2.48. The normalized spacial score (nSPS) is 18.8. The molecule has 0 saturated heterocycles. The molecule has 38 heavy (non-hydrogen) atoms. The molecule has 188 valence electrons. The number of nitrogens with one attached hydrogen (secondary N) is 1. The molecule has 0 radical (unpaired) electrons. The molecule has 2 atom stereocenters. The van der Waals surface area contributed by atoms with Crippen molar-refractivity contribution >= 4 is 34.7 Å². The highest BCUT2D eigenvalue weighted by molar-refractivity contribution is 6.30. The van der Waals surface area contributed by atoms with Gasteiger partial charge in [-0.1, -0.05) is 72.3 Å². The van der Waals surface area contributed by atoms with Crippen LogP contribution in [0.4, 0.5) is 15.8 Å². The molecule has 0 spiro atoms. The minimum Gasteiger partial charge on any atom is -0.357 e. The van der Waals surface area contributed by atoms with Crippen LogP contribution in [0.15, 0.2) is 114 Å². The van der Waals surface area contributed by atoms with Gasteiger partial charge in [-0.2, -0.15) is 0 Å². The van der Waals surface area contributed by atoms with E-state index in [2.05, 4.69) is 5.32 Å². The van der Waals surface area contributed by atoms with Gasteiger partial charge in [-0.25, -0.2) is 4.39 Å². The molecule has 0 aromatic heterocycles. The fraction of sp³-hybridized carbons (Fsp3) is 0.125. The number of halogens is 2. The summed E-state index contributed by atoms with van der Waals surface area (Å²) in [6.07, 6.45) is 0.835. The molecule has 6 rings (SSSR count). The van der Waals surface area contributed by atoms with Crippen LogP contribution >= 0.6 is 11.6 Å². The van der Waals surface area contributed by atoms with Crippen LogP contribution in [0.2, 0.25) is 5.02 Å². The van der Waals surface area contributed by atoms with Gasteiger partial charge in [-0.05, 0) is 60.4 Å². The molecule has 4 nitrogen and oxygen atoms in total. The maximum absolute atomic E-state index is 15.5. The molecular formula is C32H24ClFN2O2. The van der Waals surface area contributed by atoms with Crippen LogP contribution in [-0.4, -0.2) is 11.7 Å². The van der Waals surface area contributed by atoms with Crippen LogP contribution in [-0.2, 0) is 4.79 Å². The number of anilines is 2. The van der Waals surface area contributed by atoms with E-state index < -0.39 is 11.9 Å². The summed E-state index contributed by atoms with van der Waals surface area (Å²) in [4.78, 5) is 29.7. The first-order valence-corrected chi connectivity index (χ1v) is 12.9. The molecular weight excluding hydrogens is 499 g/mol. The van der Waals surface area contributed by atoms with Gasteiger partial charge >= 0.3 is 0 Å². The molecule has 0 saturated carbocycles. The Hall–Kier alpha value is -4.22. The quantitative estimate of drug-likeness (QED) is 0.300. The number of Topliss-reactive ketones (excluding diaryl/α,β-unsaturated/α-hetero) is 1. The number of fused-ring (bicyclic) bond motifs is 1. The lowest BCUT2D eigenvalue weighted by molar-refractivity contribution is -0.116. The van der Waals surface area contributed by atoms with Gasteiger partial charge in [0.1, 0.15) is 5.82 Å². The fourth-order valence-corrected chi connectivity index (χ4v) is 5.62. The maximum Gasteiger partial charge on any atom is 0.259 e. The van der Waals surface area contributed by atoms with Gasteiger partial charge in [0.15, 0.2) is 5.78 Å². The summed E-state index contributed by atoms with van der Waals surface area (Å²) in [6, 6.07) is 29.3. The Morgan fingerprint density at radius 2 is 1.53 bits per heavy atom. The first-order valence-electron chi connectivity index (χ1n) is 12.5. The Labute approximate surface area is 225 Å². The van der Waals surface area contributed by atoms with Gasteiger partial charge in [-0.3, -0.25) is 14.5 Å². The summed E-state index contributed by atoms with van der Waals surface area (Å²) in [6.45, 7) is 0. The molecule has 0 unspecified atom stereocenters. The molecule has 4 aromatic rings. The number of benzene rings is 4. The zero-order valence-corrected chi connectivity index (χ0v) is 21.2. The lowest BCUT2D eigenvalue weighted by atomic mass is 9.78. The number of rotatable bonds is 3. The van der Waals surface area contributed by atoms with Crippen LogP contribution < -0.4 is 10.2 Å². The average Bonchev–Trinajstić information content (AvgIpc) is 3.08. The molecule has 0 fully saturated rings. The minimum absolute atomic E-state index is 0.0260. The molecule has 1 aliphatic heterocycles. The smallest absolute Gasteiger partial charge is 0.259 e. The van der Waals surface area contributed by atoms with Crippen molar-refractivity contribution in [2.24, 2.45) is 0 Å². The van der Waals surface area contributed by atoms with Crippen molar-refractivity contribution in [2.75, 3.05) is 10.2 Å². The van der Waals surface area contributed by atoms with Crippen molar-refractivity contribution in [1.82, 2.24) is 0 Å². The predicted octanol–water partition coefficient (Wildman–Crippen LogP) is 7.69. The number of ketones is 1. The van der Waals surface area contributed by atoms with Crippen molar-refractivity contribution in [1.29, 1.82) is 0 Å². The monoisotopic (exact) mass is 522 g/mol. The number of amides is 1. The fourth-order valence-electron chi connectivity index (χ4n) is 5.50. The maximum atomic E-state index is 15.5. The van der Waals surface area contributed by atoms with Crippen LogP contribution in [0.5, 0.6) is 0 Å². The van der Waals surface area contributed by atoms with Gasteiger partial charge < -0.3 is 5.32 Å². The first-order chi connectivity index (χ1) is 18.5. The third-order valence-electron chi connectivity index (χ3n) is 7.27. The van der Waals surface area contributed by atoms with Crippen molar-refractivity contribution in [3.63, 3.8) is 0 Å². The Morgan fingerprint density at radius 1 is 0.842 bits per heavy atom. The topological polar surface area (TPSA) is 49.4 Å². The average molecular weight is 523 g/mol. The van der Waals surface area contributed by atoms with Crippen molar-refractivity contribution < 1.29 is 14.0 Å². The van der Waals surface area contributed by atoms with Gasteiger partial charge in [0.25, 0.3) is 5.91 Å². The minimum atomic E-state index is -0.949. The molecule has 1 heterocycles. The Bertz CT molecular complexity index is 1570. The molecule has 1 amide bonds. The second kappa shape index (κ2) is 9.92. The van der Waals surface area contributed by atoms with Crippen LogP contribution in [0, 0.1) is 5.82 Å². The zero-order chi connectivity index (χ0) is 26.2. The van der Waals surface area contributed by atoms with E-state index in [4.69, 9.17) is 11.6 Å². The Kier molecular flexibility index (Phi) is 6.30. The molecule has 6 heteroatoms. The lowest BCUT2D eigenvalue weighted by Gasteiger charge is -2.35. The second-order valence-electron chi connectivity index (χ2n) is 9.58. The van der Waals surface area contributed by atoms with Gasteiger partial charge in [0.2, 0.25) is 0 Å². The third kappa shape index (κ3) is 4.29. The van der Waals surface area contributed by atoms with E-state index in [-0.39, 0.29) is 29.6 Å². The molecule has 2 aliphatic rings. The molecule has 0 bridgehead atoms. The number of hydrogen-bond acceptors (Lipinski definition) is 3.